The van der Waals surface area contributed by atoms with Gasteiger partial charge in [-0.25, -0.2) is 13.1 Å². The van der Waals surface area contributed by atoms with Gasteiger partial charge in [0.1, 0.15) is 12.1 Å². The zero-order chi connectivity index (χ0) is 26.3. The zero-order valence-electron chi connectivity index (χ0n) is 21.2. The summed E-state index contributed by atoms with van der Waals surface area (Å²) < 4.78 is 25.7. The van der Waals surface area contributed by atoms with Crippen molar-refractivity contribution in [1.82, 2.24) is 25.2 Å². The Bertz CT molecular complexity index is 1230. The first-order valence-corrected chi connectivity index (χ1v) is 14.2. The fourth-order valence-corrected chi connectivity index (χ4v) is 5.81. The Morgan fingerprint density at radius 1 is 1.22 bits per heavy atom. The number of benzene rings is 1. The molecule has 2 N–H and O–H groups in total. The molecule has 10 nitrogen and oxygen atoms in total. The molecule has 0 radical (unpaired) electrons. The molecular formula is C25H35N5O5S. The summed E-state index contributed by atoms with van der Waals surface area (Å²) in [5.74, 6) is -0.259. The predicted molar refractivity (Wildman–Crippen MR) is 133 cm³/mol. The minimum atomic E-state index is -3.39. The van der Waals surface area contributed by atoms with Crippen molar-refractivity contribution in [2.24, 2.45) is 5.41 Å². The summed E-state index contributed by atoms with van der Waals surface area (Å²) in [4.78, 5) is 28.6. The first-order valence-electron chi connectivity index (χ1n) is 12.3. The number of hydrogen-bond acceptors (Lipinski definition) is 7. The highest BCUT2D eigenvalue weighted by Gasteiger charge is 2.45. The third-order valence-electron chi connectivity index (χ3n) is 6.77. The van der Waals surface area contributed by atoms with Gasteiger partial charge in [0.25, 0.3) is 0 Å². The van der Waals surface area contributed by atoms with Gasteiger partial charge in [-0.05, 0) is 36.3 Å². The van der Waals surface area contributed by atoms with Crippen molar-refractivity contribution in [3.63, 3.8) is 0 Å². The van der Waals surface area contributed by atoms with E-state index in [9.17, 15) is 23.1 Å². The van der Waals surface area contributed by atoms with E-state index in [0.29, 0.717) is 17.9 Å². The summed E-state index contributed by atoms with van der Waals surface area (Å²) in [6.07, 6.45) is 4.78. The van der Waals surface area contributed by atoms with Crippen molar-refractivity contribution < 1.29 is 23.1 Å². The number of nitrogens with one attached hydrogen (secondary N) is 1. The highest BCUT2D eigenvalue weighted by Crippen LogP contribution is 2.40. The Morgan fingerprint density at radius 3 is 2.56 bits per heavy atom. The van der Waals surface area contributed by atoms with Crippen LogP contribution in [0.25, 0.3) is 0 Å². The maximum atomic E-state index is 13.8. The average Bonchev–Trinajstić information content (AvgIpc) is 3.39. The van der Waals surface area contributed by atoms with E-state index in [4.69, 9.17) is 0 Å². The lowest BCUT2D eigenvalue weighted by Gasteiger charge is -2.34. The van der Waals surface area contributed by atoms with Gasteiger partial charge >= 0.3 is 0 Å². The standard InChI is InChI=1S/C25H35N5O5S/c1-25(2,3)22(30-15-19(27-28-30)16-9-10-16)24(33)29-14-18(31)13-20(29)23(32)26-12-11-17-7-5-6-8-21(17)36(4,34)35/h5-8,15-16,18,20,22,31H,9-14H2,1-4H3,(H,26,32)/t18-,20+,22-/m1/s1. The molecular weight excluding hydrogens is 482 g/mol. The molecule has 2 fully saturated rings. The van der Waals surface area contributed by atoms with Crippen LogP contribution in [0.1, 0.15) is 63.3 Å². The van der Waals surface area contributed by atoms with Gasteiger partial charge in [-0.15, -0.1) is 5.10 Å². The van der Waals surface area contributed by atoms with Gasteiger partial charge in [-0.2, -0.15) is 0 Å². The van der Waals surface area contributed by atoms with Gasteiger partial charge in [-0.1, -0.05) is 44.2 Å². The maximum absolute atomic E-state index is 13.8. The smallest absolute Gasteiger partial charge is 0.248 e. The van der Waals surface area contributed by atoms with E-state index < -0.39 is 33.4 Å². The van der Waals surface area contributed by atoms with Gasteiger partial charge in [0.05, 0.1) is 16.7 Å². The van der Waals surface area contributed by atoms with Gasteiger partial charge in [0, 0.05) is 37.9 Å². The molecule has 0 bridgehead atoms. The van der Waals surface area contributed by atoms with Crippen LogP contribution in [-0.2, 0) is 25.8 Å². The van der Waals surface area contributed by atoms with Crippen LogP contribution in [0.5, 0.6) is 0 Å². The van der Waals surface area contributed by atoms with E-state index in [1.807, 2.05) is 27.0 Å². The second-order valence-corrected chi connectivity index (χ2v) is 13.0. The van der Waals surface area contributed by atoms with E-state index in [1.165, 1.54) is 4.90 Å². The molecule has 4 rings (SSSR count). The molecule has 11 heteroatoms. The van der Waals surface area contributed by atoms with Crippen LogP contribution in [0.2, 0.25) is 0 Å². The highest BCUT2D eigenvalue weighted by atomic mass is 32.2. The van der Waals surface area contributed by atoms with Crippen molar-refractivity contribution in [2.45, 2.75) is 75.5 Å². The molecule has 2 amide bonds. The van der Waals surface area contributed by atoms with Crippen LogP contribution in [0, 0.1) is 5.41 Å². The number of aliphatic hydroxyl groups is 1. The molecule has 1 aromatic heterocycles. The molecule has 36 heavy (non-hydrogen) atoms. The summed E-state index contributed by atoms with van der Waals surface area (Å²) in [5.41, 5.74) is 0.988. The van der Waals surface area contributed by atoms with Crippen LogP contribution in [-0.4, -0.2) is 76.7 Å². The normalized spacial score (nSPS) is 21.4. The minimum absolute atomic E-state index is 0.0601. The van der Waals surface area contributed by atoms with E-state index in [-0.39, 0.29) is 36.2 Å². The summed E-state index contributed by atoms with van der Waals surface area (Å²) in [7, 11) is -3.39. The van der Waals surface area contributed by atoms with E-state index in [2.05, 4.69) is 15.6 Å². The molecule has 1 saturated carbocycles. The Labute approximate surface area is 212 Å². The number of amides is 2. The number of β-amino-alcohol motifs (C(OH)–C–C–N with tert-alkyl or cyclic N) is 1. The SMILES string of the molecule is CC(C)(C)[C@@H](C(=O)N1C[C@H](O)C[C@H]1C(=O)NCCc1ccccc1S(C)(=O)=O)n1cc(C2CC2)nn1. The van der Waals surface area contributed by atoms with Crippen LogP contribution in [0.15, 0.2) is 35.4 Å². The number of sulfone groups is 1. The summed E-state index contributed by atoms with van der Waals surface area (Å²) in [6.45, 7) is 6.08. The number of hydrogen-bond donors (Lipinski definition) is 2. The van der Waals surface area contributed by atoms with E-state index >= 15 is 0 Å². The number of carbonyl (C=O) groups is 2. The molecule has 0 spiro atoms. The lowest BCUT2D eigenvalue weighted by Crippen LogP contribution is -2.50. The maximum Gasteiger partial charge on any atom is 0.248 e. The first-order chi connectivity index (χ1) is 16.9. The van der Waals surface area contributed by atoms with Crippen molar-refractivity contribution >= 4 is 21.7 Å². The molecule has 1 saturated heterocycles. The van der Waals surface area contributed by atoms with Gasteiger partial charge in [0.2, 0.25) is 11.8 Å². The quantitative estimate of drug-likeness (QED) is 0.541. The number of aliphatic hydroxyl groups excluding tert-OH is 1. The molecule has 2 heterocycles. The van der Waals surface area contributed by atoms with Crippen molar-refractivity contribution in [2.75, 3.05) is 19.3 Å². The van der Waals surface area contributed by atoms with Crippen molar-refractivity contribution in [3.05, 3.63) is 41.7 Å². The van der Waals surface area contributed by atoms with Crippen LogP contribution >= 0.6 is 0 Å². The fourth-order valence-electron chi connectivity index (χ4n) is 4.84. The summed E-state index contributed by atoms with van der Waals surface area (Å²) in [6, 6.07) is 5.18. The third-order valence-corrected chi connectivity index (χ3v) is 7.97. The van der Waals surface area contributed by atoms with Crippen LogP contribution in [0.3, 0.4) is 0 Å². The minimum Gasteiger partial charge on any atom is -0.391 e. The number of rotatable bonds is 8. The molecule has 1 aliphatic carbocycles. The second kappa shape index (κ2) is 9.93. The lowest BCUT2D eigenvalue weighted by atomic mass is 9.85. The van der Waals surface area contributed by atoms with Crippen LogP contribution in [0.4, 0.5) is 0 Å². The molecule has 3 atom stereocenters. The first kappa shape index (κ1) is 26.3. The number of nitrogens with zero attached hydrogens (tertiary/aromatic N) is 4. The zero-order valence-corrected chi connectivity index (χ0v) is 22.0. The lowest BCUT2D eigenvalue weighted by molar-refractivity contribution is -0.144. The van der Waals surface area contributed by atoms with Gasteiger partial charge in [-0.3, -0.25) is 9.59 Å². The molecule has 1 aromatic carbocycles. The molecule has 2 aliphatic rings. The topological polar surface area (TPSA) is 134 Å². The molecule has 2 aromatic rings. The average molecular weight is 518 g/mol. The predicted octanol–water partition coefficient (Wildman–Crippen LogP) is 1.47. The van der Waals surface area contributed by atoms with Crippen LogP contribution < -0.4 is 5.32 Å². The van der Waals surface area contributed by atoms with E-state index in [0.717, 1.165) is 24.8 Å². The monoisotopic (exact) mass is 517 g/mol. The van der Waals surface area contributed by atoms with Crippen molar-refractivity contribution in [3.8, 4) is 0 Å². The largest absolute Gasteiger partial charge is 0.391 e. The van der Waals surface area contributed by atoms with E-state index in [1.54, 1.807) is 28.9 Å². The Hall–Kier alpha value is -2.79. The van der Waals surface area contributed by atoms with Crippen molar-refractivity contribution in [1.29, 1.82) is 0 Å². The van der Waals surface area contributed by atoms with Gasteiger partial charge < -0.3 is 15.3 Å². The number of aromatic nitrogens is 3. The number of carbonyl (C=O) groups excluding carboxylic acids is 2. The Kier molecular flexibility index (Phi) is 7.25. The molecule has 196 valence electrons. The fraction of sp³-hybridized carbons (Fsp3) is 0.600. The molecule has 1 aliphatic heterocycles. The second-order valence-electron chi connectivity index (χ2n) is 11.0. The molecule has 0 unspecified atom stereocenters. The summed E-state index contributed by atoms with van der Waals surface area (Å²) >= 11 is 0. The Balaban J connectivity index is 1.47. The number of likely N-dealkylation sites (tertiary alicyclic amines) is 1. The van der Waals surface area contributed by atoms with Gasteiger partial charge in [0.15, 0.2) is 9.84 Å². The summed E-state index contributed by atoms with van der Waals surface area (Å²) in [5, 5.41) is 21.7. The third kappa shape index (κ3) is 5.78. The highest BCUT2D eigenvalue weighted by molar-refractivity contribution is 7.90. The Morgan fingerprint density at radius 2 is 1.92 bits per heavy atom.